The standard InChI is InChI=1S/C10H12N4O/c1-7-3-4-8(11-5-7)10-9(6-15)14(2)13-12-10/h3-5,15H,6H2,1-2H3. The van der Waals surface area contributed by atoms with E-state index in [0.29, 0.717) is 11.4 Å². The Kier molecular flexibility index (Phi) is 2.47. The van der Waals surface area contributed by atoms with Gasteiger partial charge in [-0.2, -0.15) is 0 Å². The summed E-state index contributed by atoms with van der Waals surface area (Å²) in [4.78, 5) is 4.24. The van der Waals surface area contributed by atoms with Crippen LogP contribution >= 0.6 is 0 Å². The number of aliphatic hydroxyl groups excluding tert-OH is 1. The van der Waals surface area contributed by atoms with E-state index in [1.54, 1.807) is 17.9 Å². The Labute approximate surface area is 87.4 Å². The van der Waals surface area contributed by atoms with E-state index < -0.39 is 0 Å². The van der Waals surface area contributed by atoms with Crippen molar-refractivity contribution in [1.29, 1.82) is 0 Å². The van der Waals surface area contributed by atoms with Crippen LogP contribution in [-0.2, 0) is 13.7 Å². The number of nitrogens with zero attached hydrogens (tertiary/aromatic N) is 4. The highest BCUT2D eigenvalue weighted by molar-refractivity contribution is 5.56. The smallest absolute Gasteiger partial charge is 0.136 e. The lowest BCUT2D eigenvalue weighted by Gasteiger charge is -2.00. The topological polar surface area (TPSA) is 63.8 Å². The first-order chi connectivity index (χ1) is 7.22. The zero-order valence-electron chi connectivity index (χ0n) is 8.68. The van der Waals surface area contributed by atoms with Crippen molar-refractivity contribution < 1.29 is 5.11 Å². The van der Waals surface area contributed by atoms with Crippen LogP contribution < -0.4 is 0 Å². The third-order valence-electron chi connectivity index (χ3n) is 2.25. The highest BCUT2D eigenvalue weighted by Crippen LogP contribution is 2.18. The van der Waals surface area contributed by atoms with Gasteiger partial charge in [0.2, 0.25) is 0 Å². The van der Waals surface area contributed by atoms with E-state index in [-0.39, 0.29) is 6.61 Å². The minimum absolute atomic E-state index is 0.0889. The third-order valence-corrected chi connectivity index (χ3v) is 2.25. The molecule has 2 rings (SSSR count). The first-order valence-electron chi connectivity index (χ1n) is 4.65. The van der Waals surface area contributed by atoms with Crippen LogP contribution in [0, 0.1) is 6.92 Å². The van der Waals surface area contributed by atoms with Gasteiger partial charge in [0.1, 0.15) is 5.69 Å². The van der Waals surface area contributed by atoms with Crippen LogP contribution in [0.3, 0.4) is 0 Å². The quantitative estimate of drug-likeness (QED) is 0.781. The lowest BCUT2D eigenvalue weighted by Crippen LogP contribution is -1.99. The number of aliphatic hydroxyl groups is 1. The first-order valence-corrected chi connectivity index (χ1v) is 4.65. The molecule has 0 aromatic carbocycles. The van der Waals surface area contributed by atoms with Gasteiger partial charge in [0.25, 0.3) is 0 Å². The Morgan fingerprint density at radius 2 is 2.20 bits per heavy atom. The highest BCUT2D eigenvalue weighted by atomic mass is 16.3. The van der Waals surface area contributed by atoms with Crippen molar-refractivity contribution in [3.05, 3.63) is 29.6 Å². The Morgan fingerprint density at radius 3 is 2.80 bits per heavy atom. The van der Waals surface area contributed by atoms with E-state index in [9.17, 15) is 5.11 Å². The fourth-order valence-corrected chi connectivity index (χ4v) is 1.36. The summed E-state index contributed by atoms with van der Waals surface area (Å²) in [6, 6.07) is 3.83. The molecule has 0 aliphatic heterocycles. The molecule has 5 nitrogen and oxygen atoms in total. The van der Waals surface area contributed by atoms with Crippen LogP contribution in [0.1, 0.15) is 11.3 Å². The van der Waals surface area contributed by atoms with E-state index in [1.165, 1.54) is 0 Å². The summed E-state index contributed by atoms with van der Waals surface area (Å²) in [6.07, 6.45) is 1.77. The van der Waals surface area contributed by atoms with Gasteiger partial charge in [-0.15, -0.1) is 5.10 Å². The molecule has 0 aliphatic carbocycles. The van der Waals surface area contributed by atoms with Gasteiger partial charge in [0.15, 0.2) is 0 Å². The summed E-state index contributed by atoms with van der Waals surface area (Å²) in [5, 5.41) is 17.0. The maximum Gasteiger partial charge on any atom is 0.136 e. The normalized spacial score (nSPS) is 10.6. The highest BCUT2D eigenvalue weighted by Gasteiger charge is 2.12. The van der Waals surface area contributed by atoms with Crippen molar-refractivity contribution in [1.82, 2.24) is 20.0 Å². The fourth-order valence-electron chi connectivity index (χ4n) is 1.36. The second-order valence-corrected chi connectivity index (χ2v) is 3.39. The van der Waals surface area contributed by atoms with Crippen LogP contribution in [0.5, 0.6) is 0 Å². The zero-order chi connectivity index (χ0) is 10.8. The second kappa shape index (κ2) is 3.78. The molecule has 0 bridgehead atoms. The van der Waals surface area contributed by atoms with Crippen molar-refractivity contribution in [3.63, 3.8) is 0 Å². The Bertz CT molecular complexity index is 461. The number of hydrogen-bond acceptors (Lipinski definition) is 4. The molecule has 0 atom stereocenters. The molecule has 0 saturated carbocycles. The number of hydrogen-bond donors (Lipinski definition) is 1. The molecule has 0 saturated heterocycles. The average Bonchev–Trinajstić information content (AvgIpc) is 2.61. The summed E-state index contributed by atoms with van der Waals surface area (Å²) in [6.45, 7) is 1.88. The molecule has 15 heavy (non-hydrogen) atoms. The lowest BCUT2D eigenvalue weighted by atomic mass is 10.2. The molecule has 2 aromatic rings. The van der Waals surface area contributed by atoms with Crippen LogP contribution in [0.2, 0.25) is 0 Å². The van der Waals surface area contributed by atoms with Crippen LogP contribution in [-0.4, -0.2) is 25.1 Å². The SMILES string of the molecule is Cc1ccc(-c2nnn(C)c2CO)nc1. The number of aryl methyl sites for hydroxylation is 2. The van der Waals surface area contributed by atoms with Crippen molar-refractivity contribution in [2.75, 3.05) is 0 Å². The summed E-state index contributed by atoms with van der Waals surface area (Å²) in [7, 11) is 1.75. The lowest BCUT2D eigenvalue weighted by molar-refractivity contribution is 0.271. The molecule has 0 fully saturated rings. The predicted molar refractivity (Wildman–Crippen MR) is 54.9 cm³/mol. The van der Waals surface area contributed by atoms with Crippen molar-refractivity contribution in [2.45, 2.75) is 13.5 Å². The zero-order valence-corrected chi connectivity index (χ0v) is 8.68. The molecule has 0 radical (unpaired) electrons. The number of pyridine rings is 1. The largest absolute Gasteiger partial charge is 0.390 e. The van der Waals surface area contributed by atoms with E-state index in [2.05, 4.69) is 15.3 Å². The monoisotopic (exact) mass is 204 g/mol. The molecular weight excluding hydrogens is 192 g/mol. The van der Waals surface area contributed by atoms with Gasteiger partial charge in [0.05, 0.1) is 18.0 Å². The molecule has 2 heterocycles. The predicted octanol–water partition coefficient (Wildman–Crippen LogP) is 0.678. The average molecular weight is 204 g/mol. The fraction of sp³-hybridized carbons (Fsp3) is 0.300. The molecule has 0 aliphatic rings. The molecule has 0 spiro atoms. The van der Waals surface area contributed by atoms with Crippen molar-refractivity contribution in [2.24, 2.45) is 7.05 Å². The molecule has 0 amide bonds. The molecule has 5 heteroatoms. The van der Waals surface area contributed by atoms with Crippen molar-refractivity contribution >= 4 is 0 Å². The molecule has 0 unspecified atom stereocenters. The van der Waals surface area contributed by atoms with Gasteiger partial charge in [-0.3, -0.25) is 4.98 Å². The van der Waals surface area contributed by atoms with E-state index in [0.717, 1.165) is 11.3 Å². The molecule has 2 aromatic heterocycles. The van der Waals surface area contributed by atoms with Crippen LogP contribution in [0.4, 0.5) is 0 Å². The maximum absolute atomic E-state index is 9.18. The summed E-state index contributed by atoms with van der Waals surface area (Å²) in [5.74, 6) is 0. The van der Waals surface area contributed by atoms with Gasteiger partial charge < -0.3 is 5.11 Å². The maximum atomic E-state index is 9.18. The Morgan fingerprint density at radius 1 is 1.40 bits per heavy atom. The summed E-state index contributed by atoms with van der Waals surface area (Å²) < 4.78 is 1.55. The van der Waals surface area contributed by atoms with Gasteiger partial charge in [-0.25, -0.2) is 4.68 Å². The van der Waals surface area contributed by atoms with Gasteiger partial charge >= 0.3 is 0 Å². The number of rotatable bonds is 2. The van der Waals surface area contributed by atoms with Crippen molar-refractivity contribution in [3.8, 4) is 11.4 Å². The van der Waals surface area contributed by atoms with Gasteiger partial charge in [-0.1, -0.05) is 11.3 Å². The van der Waals surface area contributed by atoms with Gasteiger partial charge in [-0.05, 0) is 18.6 Å². The summed E-state index contributed by atoms with van der Waals surface area (Å²) >= 11 is 0. The van der Waals surface area contributed by atoms with Crippen LogP contribution in [0.15, 0.2) is 18.3 Å². The van der Waals surface area contributed by atoms with Gasteiger partial charge in [0, 0.05) is 13.2 Å². The van der Waals surface area contributed by atoms with E-state index >= 15 is 0 Å². The first kappa shape index (κ1) is 9.79. The second-order valence-electron chi connectivity index (χ2n) is 3.39. The van der Waals surface area contributed by atoms with E-state index in [1.807, 2.05) is 19.1 Å². The Balaban J connectivity index is 2.49. The molecule has 78 valence electrons. The third kappa shape index (κ3) is 1.73. The minimum Gasteiger partial charge on any atom is -0.390 e. The molecule has 1 N–H and O–H groups in total. The van der Waals surface area contributed by atoms with E-state index in [4.69, 9.17) is 0 Å². The molecular formula is C10H12N4O. The van der Waals surface area contributed by atoms with Crippen LogP contribution in [0.25, 0.3) is 11.4 Å². The number of aromatic nitrogens is 4. The summed E-state index contributed by atoms with van der Waals surface area (Å²) in [5.41, 5.74) is 3.14. The Hall–Kier alpha value is -1.75. The minimum atomic E-state index is -0.0889.